The van der Waals surface area contributed by atoms with E-state index < -0.39 is 0 Å². The Balaban J connectivity index is 1.45. The van der Waals surface area contributed by atoms with Gasteiger partial charge in [0.25, 0.3) is 0 Å². The fourth-order valence-electron chi connectivity index (χ4n) is 4.06. The van der Waals surface area contributed by atoms with E-state index in [9.17, 15) is 9.90 Å². The third-order valence-corrected chi connectivity index (χ3v) is 5.92. The summed E-state index contributed by atoms with van der Waals surface area (Å²) in [4.78, 5) is 17.5. The lowest BCUT2D eigenvalue weighted by Crippen LogP contribution is -2.17. The maximum Gasteiger partial charge on any atom is 0.170 e. The molecule has 0 bridgehead atoms. The second kappa shape index (κ2) is 8.29. The van der Waals surface area contributed by atoms with Crippen molar-refractivity contribution in [3.8, 4) is 5.69 Å². The first-order chi connectivity index (χ1) is 14.0. The zero-order valence-corrected chi connectivity index (χ0v) is 17.0. The number of ketones is 1. The zero-order valence-electron chi connectivity index (χ0n) is 17.0. The van der Waals surface area contributed by atoms with Crippen molar-refractivity contribution < 1.29 is 9.90 Å². The highest BCUT2D eigenvalue weighted by molar-refractivity contribution is 5.98. The van der Waals surface area contributed by atoms with Gasteiger partial charge in [0.1, 0.15) is 0 Å². The van der Waals surface area contributed by atoms with Crippen LogP contribution < -0.4 is 0 Å². The number of hydrogen-bond acceptors (Lipinski definition) is 4. The number of aryl methyl sites for hydroxylation is 1. The van der Waals surface area contributed by atoms with Crippen LogP contribution in [0.15, 0.2) is 48.8 Å². The molecular weight excluding hydrogens is 362 g/mol. The van der Waals surface area contributed by atoms with E-state index >= 15 is 0 Å². The molecule has 4 rings (SSSR count). The molecule has 29 heavy (non-hydrogen) atoms. The zero-order chi connectivity index (χ0) is 20.4. The van der Waals surface area contributed by atoms with Crippen LogP contribution in [0.4, 0.5) is 0 Å². The molecule has 1 N–H and O–H groups in total. The fourth-order valence-corrected chi connectivity index (χ4v) is 4.06. The van der Waals surface area contributed by atoms with Gasteiger partial charge in [-0.25, -0.2) is 4.68 Å². The Morgan fingerprint density at radius 3 is 2.41 bits per heavy atom. The number of carbonyl (C=O) groups is 1. The second-order valence-corrected chi connectivity index (χ2v) is 8.09. The van der Waals surface area contributed by atoms with E-state index in [4.69, 9.17) is 0 Å². The minimum atomic E-state index is -0.160. The summed E-state index contributed by atoms with van der Waals surface area (Å²) in [6, 6.07) is 12.1. The molecule has 0 atom stereocenters. The first kappa shape index (κ1) is 19.5. The van der Waals surface area contributed by atoms with Gasteiger partial charge in [-0.15, -0.1) is 0 Å². The van der Waals surface area contributed by atoms with Gasteiger partial charge in [0, 0.05) is 24.2 Å². The summed E-state index contributed by atoms with van der Waals surface area (Å²) in [6.07, 6.45) is 7.27. The Hall–Kier alpha value is -2.79. The predicted octanol–water partition coefficient (Wildman–Crippen LogP) is 4.33. The summed E-state index contributed by atoms with van der Waals surface area (Å²) in [5.74, 6) is 0.467. The highest BCUT2D eigenvalue weighted by atomic mass is 16.3. The Labute approximate surface area is 171 Å². The number of aliphatic hydroxyl groups excluding tert-OH is 1. The number of aromatic nitrogens is 3. The molecule has 0 unspecified atom stereocenters. The molecule has 1 saturated carbocycles. The van der Waals surface area contributed by atoms with Crippen molar-refractivity contribution in [1.82, 2.24) is 14.8 Å². The molecule has 0 radical (unpaired) electrons. The molecule has 1 aliphatic rings. The minimum absolute atomic E-state index is 0.0520. The monoisotopic (exact) mass is 389 g/mol. The smallest absolute Gasteiger partial charge is 0.170 e. The summed E-state index contributed by atoms with van der Waals surface area (Å²) in [5.41, 5.74) is 5.62. The van der Waals surface area contributed by atoms with Crippen LogP contribution in [0.5, 0.6) is 0 Å². The molecular formula is C24H27N3O2. The first-order valence-corrected chi connectivity index (χ1v) is 10.3. The van der Waals surface area contributed by atoms with Gasteiger partial charge in [-0.2, -0.15) is 5.10 Å². The van der Waals surface area contributed by atoms with E-state index in [0.29, 0.717) is 17.9 Å². The normalized spacial score (nSPS) is 19.3. The highest BCUT2D eigenvalue weighted by Crippen LogP contribution is 2.31. The summed E-state index contributed by atoms with van der Waals surface area (Å²) >= 11 is 0. The van der Waals surface area contributed by atoms with Crippen molar-refractivity contribution in [1.29, 1.82) is 0 Å². The second-order valence-electron chi connectivity index (χ2n) is 8.09. The van der Waals surface area contributed by atoms with E-state index in [1.165, 1.54) is 5.56 Å². The largest absolute Gasteiger partial charge is 0.393 e. The minimum Gasteiger partial charge on any atom is -0.393 e. The Kier molecular flexibility index (Phi) is 5.58. The molecule has 1 aromatic carbocycles. The molecule has 5 nitrogen and oxygen atoms in total. The van der Waals surface area contributed by atoms with Gasteiger partial charge < -0.3 is 5.11 Å². The van der Waals surface area contributed by atoms with Gasteiger partial charge in [-0.05, 0) is 63.3 Å². The molecule has 0 amide bonds. The van der Waals surface area contributed by atoms with Crippen molar-refractivity contribution >= 4 is 5.78 Å². The first-order valence-electron chi connectivity index (χ1n) is 10.3. The van der Waals surface area contributed by atoms with Gasteiger partial charge >= 0.3 is 0 Å². The van der Waals surface area contributed by atoms with E-state index in [1.54, 1.807) is 6.20 Å². The van der Waals surface area contributed by atoms with E-state index in [1.807, 2.05) is 61.1 Å². The molecule has 0 aliphatic heterocycles. The molecule has 1 fully saturated rings. The number of benzene rings is 1. The number of rotatable bonds is 5. The van der Waals surface area contributed by atoms with Crippen LogP contribution >= 0.6 is 0 Å². The number of pyridine rings is 1. The van der Waals surface area contributed by atoms with Crippen molar-refractivity contribution in [3.63, 3.8) is 0 Å². The molecule has 2 heterocycles. The van der Waals surface area contributed by atoms with E-state index in [0.717, 1.165) is 48.3 Å². The third-order valence-electron chi connectivity index (χ3n) is 5.92. The van der Waals surface area contributed by atoms with E-state index in [-0.39, 0.29) is 11.9 Å². The predicted molar refractivity (Wildman–Crippen MR) is 113 cm³/mol. The van der Waals surface area contributed by atoms with Crippen LogP contribution in [0.25, 0.3) is 5.69 Å². The van der Waals surface area contributed by atoms with Crippen molar-refractivity contribution in [3.05, 3.63) is 76.9 Å². The number of hydrogen-bond donors (Lipinski definition) is 1. The molecule has 0 spiro atoms. The van der Waals surface area contributed by atoms with Crippen LogP contribution in [0.1, 0.15) is 64.5 Å². The molecule has 5 heteroatoms. The topological polar surface area (TPSA) is 68.0 Å². The Morgan fingerprint density at radius 2 is 1.76 bits per heavy atom. The number of aliphatic hydroxyl groups is 1. The van der Waals surface area contributed by atoms with Crippen LogP contribution in [-0.4, -0.2) is 31.8 Å². The van der Waals surface area contributed by atoms with Crippen LogP contribution in [0, 0.1) is 13.8 Å². The SMILES string of the molecule is Cc1ccc(-n2ncc(C(=O)Cc3ccc(C4CCC(O)CC4)nc3)c2C)cc1. The van der Waals surface area contributed by atoms with E-state index in [2.05, 4.69) is 10.1 Å². The summed E-state index contributed by atoms with van der Waals surface area (Å²) in [5, 5.41) is 14.1. The Bertz CT molecular complexity index is 982. The number of Topliss-reactive ketones (excluding diaryl/α,β-unsaturated/α-hetero) is 1. The van der Waals surface area contributed by atoms with Crippen molar-refractivity contribution in [2.45, 2.75) is 58.0 Å². The maximum absolute atomic E-state index is 12.8. The maximum atomic E-state index is 12.8. The number of carbonyl (C=O) groups excluding carboxylic acids is 1. The average Bonchev–Trinajstić information content (AvgIpc) is 3.11. The van der Waals surface area contributed by atoms with Gasteiger partial charge in [-0.3, -0.25) is 9.78 Å². The molecule has 150 valence electrons. The van der Waals surface area contributed by atoms with Crippen LogP contribution in [0.3, 0.4) is 0 Å². The van der Waals surface area contributed by atoms with Gasteiger partial charge in [-0.1, -0.05) is 23.8 Å². The van der Waals surface area contributed by atoms with Crippen LogP contribution in [-0.2, 0) is 6.42 Å². The summed E-state index contributed by atoms with van der Waals surface area (Å²) in [7, 11) is 0. The molecule has 0 saturated heterocycles. The summed E-state index contributed by atoms with van der Waals surface area (Å²) < 4.78 is 1.81. The van der Waals surface area contributed by atoms with Gasteiger partial charge in [0.2, 0.25) is 0 Å². The third kappa shape index (κ3) is 4.30. The lowest BCUT2D eigenvalue weighted by atomic mass is 9.85. The Morgan fingerprint density at radius 1 is 1.03 bits per heavy atom. The molecule has 1 aliphatic carbocycles. The quantitative estimate of drug-likeness (QED) is 0.660. The van der Waals surface area contributed by atoms with Crippen molar-refractivity contribution in [2.75, 3.05) is 0 Å². The lowest BCUT2D eigenvalue weighted by molar-refractivity contribution is 0.0992. The standard InChI is InChI=1S/C24H27N3O2/c1-16-3-8-20(9-4-16)27-17(2)22(15-26-27)24(29)13-18-5-12-23(25-14-18)19-6-10-21(28)11-7-19/h3-5,8-9,12,14-15,19,21,28H,6-7,10-11,13H2,1-2H3. The number of nitrogens with zero attached hydrogens (tertiary/aromatic N) is 3. The average molecular weight is 389 g/mol. The molecule has 3 aromatic rings. The van der Waals surface area contributed by atoms with Gasteiger partial charge in [0.05, 0.1) is 29.2 Å². The fraction of sp³-hybridized carbons (Fsp3) is 0.375. The summed E-state index contributed by atoms with van der Waals surface area (Å²) in [6.45, 7) is 3.98. The lowest BCUT2D eigenvalue weighted by Gasteiger charge is -2.24. The highest BCUT2D eigenvalue weighted by Gasteiger charge is 2.22. The van der Waals surface area contributed by atoms with Crippen LogP contribution in [0.2, 0.25) is 0 Å². The van der Waals surface area contributed by atoms with Crippen molar-refractivity contribution in [2.24, 2.45) is 0 Å². The molecule has 2 aromatic heterocycles. The van der Waals surface area contributed by atoms with Gasteiger partial charge in [0.15, 0.2) is 5.78 Å².